The Morgan fingerprint density at radius 3 is 1.81 bits per heavy atom. The highest BCUT2D eigenvalue weighted by molar-refractivity contribution is 6.20. The van der Waals surface area contributed by atoms with Crippen LogP contribution in [0.3, 0.4) is 0 Å². The Hall–Kier alpha value is -8.66. The van der Waals surface area contributed by atoms with Gasteiger partial charge in [0, 0.05) is 43.9 Å². The third kappa shape index (κ3) is 5.66. The fourth-order valence-electron chi connectivity index (χ4n) is 11.6. The summed E-state index contributed by atoms with van der Waals surface area (Å²) in [5.74, 6) is 0. The van der Waals surface area contributed by atoms with Gasteiger partial charge in [0.2, 0.25) is 0 Å². The van der Waals surface area contributed by atoms with Crippen molar-refractivity contribution in [2.45, 2.75) is 19.3 Å². The maximum atomic E-state index is 7.05. The van der Waals surface area contributed by atoms with E-state index in [4.69, 9.17) is 4.42 Å². The average molecular weight is 869 g/mol. The smallest absolute Gasteiger partial charge is 0.145 e. The van der Waals surface area contributed by atoms with E-state index in [2.05, 4.69) is 254 Å². The Morgan fingerprint density at radius 1 is 0.397 bits per heavy atom. The summed E-state index contributed by atoms with van der Waals surface area (Å²) in [4.78, 5) is 2.46. The molecule has 0 bridgehead atoms. The van der Waals surface area contributed by atoms with Crippen molar-refractivity contribution in [1.29, 1.82) is 0 Å². The third-order valence-electron chi connectivity index (χ3n) is 14.8. The SMILES string of the molecule is CC1(C)c2ccccc2-c2ccc(-c3ccc(N(c4cc5ccccc5c5ccccc45)c4ccc(-c5cccc(-n6c7ccccc7c7ccccc76)c5)c5oc6ccccc6c45)cc3)cc21. The summed E-state index contributed by atoms with van der Waals surface area (Å²) >= 11 is 0. The largest absolute Gasteiger partial charge is 0.455 e. The molecule has 68 heavy (non-hydrogen) atoms. The number of benzene rings is 11. The second-order valence-electron chi connectivity index (χ2n) is 18.8. The van der Waals surface area contributed by atoms with Crippen LogP contribution in [0, 0.1) is 0 Å². The summed E-state index contributed by atoms with van der Waals surface area (Å²) in [6.45, 7) is 4.70. The number of aromatic nitrogens is 1. The molecule has 0 radical (unpaired) electrons. The van der Waals surface area contributed by atoms with Gasteiger partial charge in [-0.1, -0.05) is 178 Å². The molecule has 0 saturated heterocycles. The van der Waals surface area contributed by atoms with Gasteiger partial charge in [0.1, 0.15) is 11.2 Å². The van der Waals surface area contributed by atoms with Crippen LogP contribution in [0.5, 0.6) is 0 Å². The molecule has 0 aliphatic heterocycles. The molecule has 3 nitrogen and oxygen atoms in total. The molecule has 3 heteroatoms. The van der Waals surface area contributed by atoms with Crippen LogP contribution in [-0.4, -0.2) is 4.57 Å². The highest BCUT2D eigenvalue weighted by Crippen LogP contribution is 2.51. The summed E-state index contributed by atoms with van der Waals surface area (Å²) in [5, 5.41) is 9.46. The highest BCUT2D eigenvalue weighted by atomic mass is 16.3. The van der Waals surface area contributed by atoms with E-state index in [0.717, 1.165) is 55.8 Å². The molecule has 320 valence electrons. The van der Waals surface area contributed by atoms with Crippen LogP contribution in [0.1, 0.15) is 25.0 Å². The minimum Gasteiger partial charge on any atom is -0.455 e. The van der Waals surface area contributed by atoms with Crippen LogP contribution in [0.4, 0.5) is 17.1 Å². The van der Waals surface area contributed by atoms with Gasteiger partial charge in [-0.25, -0.2) is 0 Å². The zero-order valence-corrected chi connectivity index (χ0v) is 37.7. The lowest BCUT2D eigenvalue weighted by molar-refractivity contribution is 0.660. The van der Waals surface area contributed by atoms with E-state index in [1.807, 2.05) is 0 Å². The number of fused-ring (bicyclic) bond motifs is 12. The van der Waals surface area contributed by atoms with Gasteiger partial charge < -0.3 is 13.9 Å². The van der Waals surface area contributed by atoms with Gasteiger partial charge in [-0.3, -0.25) is 0 Å². The Kier molecular flexibility index (Phi) is 8.33. The molecule has 13 aromatic rings. The maximum absolute atomic E-state index is 7.05. The number of nitrogens with zero attached hydrogens (tertiary/aromatic N) is 2. The van der Waals surface area contributed by atoms with E-state index >= 15 is 0 Å². The van der Waals surface area contributed by atoms with Gasteiger partial charge in [-0.05, 0) is 122 Å². The monoisotopic (exact) mass is 868 g/mol. The lowest BCUT2D eigenvalue weighted by Gasteiger charge is -2.29. The molecule has 0 spiro atoms. The number of hydrogen-bond acceptors (Lipinski definition) is 2. The normalized spacial score (nSPS) is 13.0. The van der Waals surface area contributed by atoms with E-state index in [1.54, 1.807) is 0 Å². The van der Waals surface area contributed by atoms with Crippen LogP contribution in [-0.2, 0) is 5.41 Å². The molecular formula is C65H44N2O. The molecule has 0 fully saturated rings. The topological polar surface area (TPSA) is 21.3 Å². The van der Waals surface area contributed by atoms with E-state index in [0.29, 0.717) is 0 Å². The quantitative estimate of drug-likeness (QED) is 0.155. The van der Waals surface area contributed by atoms with Crippen molar-refractivity contribution in [1.82, 2.24) is 4.57 Å². The zero-order valence-electron chi connectivity index (χ0n) is 37.7. The van der Waals surface area contributed by atoms with Gasteiger partial charge in [0.05, 0.1) is 27.8 Å². The molecule has 11 aromatic carbocycles. The minimum absolute atomic E-state index is 0.0763. The fourth-order valence-corrected chi connectivity index (χ4v) is 11.6. The molecule has 2 aromatic heterocycles. The van der Waals surface area contributed by atoms with Crippen molar-refractivity contribution in [2.75, 3.05) is 4.90 Å². The van der Waals surface area contributed by atoms with Crippen molar-refractivity contribution >= 4 is 82.4 Å². The number of hydrogen-bond donors (Lipinski definition) is 0. The van der Waals surface area contributed by atoms with Gasteiger partial charge in [0.25, 0.3) is 0 Å². The summed E-state index contributed by atoms with van der Waals surface area (Å²) < 4.78 is 9.44. The van der Waals surface area contributed by atoms with E-state index in [-0.39, 0.29) is 5.41 Å². The van der Waals surface area contributed by atoms with Gasteiger partial charge >= 0.3 is 0 Å². The Labute approximate surface area is 394 Å². The van der Waals surface area contributed by atoms with Gasteiger partial charge in [-0.15, -0.1) is 0 Å². The molecule has 14 rings (SSSR count). The second kappa shape index (κ2) is 14.7. The number of furan rings is 1. The number of rotatable bonds is 6. The second-order valence-corrected chi connectivity index (χ2v) is 18.8. The van der Waals surface area contributed by atoms with E-state index in [1.165, 1.54) is 76.7 Å². The first kappa shape index (κ1) is 38.6. The Morgan fingerprint density at radius 2 is 1.01 bits per heavy atom. The van der Waals surface area contributed by atoms with Crippen molar-refractivity contribution in [3.05, 3.63) is 242 Å². The number of anilines is 3. The maximum Gasteiger partial charge on any atom is 0.145 e. The van der Waals surface area contributed by atoms with Crippen molar-refractivity contribution in [3.8, 4) is 39.1 Å². The van der Waals surface area contributed by atoms with E-state index in [9.17, 15) is 0 Å². The average Bonchev–Trinajstić information content (AvgIpc) is 4.03. The summed E-state index contributed by atoms with van der Waals surface area (Å²) in [5.41, 5.74) is 18.3. The fraction of sp³-hybridized carbons (Fsp3) is 0.0462. The first-order valence-corrected chi connectivity index (χ1v) is 23.6. The van der Waals surface area contributed by atoms with Crippen LogP contribution in [0.2, 0.25) is 0 Å². The first-order chi connectivity index (χ1) is 33.5. The number of para-hydroxylation sites is 3. The van der Waals surface area contributed by atoms with E-state index < -0.39 is 0 Å². The zero-order chi connectivity index (χ0) is 45.1. The molecule has 0 atom stereocenters. The molecule has 0 amide bonds. The molecule has 0 saturated carbocycles. The summed E-state index contributed by atoms with van der Waals surface area (Å²) in [6.07, 6.45) is 0. The van der Waals surface area contributed by atoms with Crippen LogP contribution in [0.25, 0.3) is 104 Å². The molecule has 1 aliphatic carbocycles. The standard InChI is InChI=1S/C65H44N2O/c1-65(2)56-26-11-7-21-50(56)51-35-32-42(39-57(51)65)41-30-33-45(34-31-41)66(61-40-44-16-3-4-19-47(44)49-20-5-6-22-52(49)61)60-37-36-48(64-63(60)55-25-10-14-29-62(55)68-64)43-17-15-18-46(38-43)67-58-27-12-8-23-53(58)54-24-9-13-28-59(54)67/h3-40H,1-2H3. The molecule has 2 heterocycles. The summed E-state index contributed by atoms with van der Waals surface area (Å²) in [6, 6.07) is 84.4. The van der Waals surface area contributed by atoms with Crippen LogP contribution in [0.15, 0.2) is 235 Å². The Balaban J connectivity index is 0.975. The lowest BCUT2D eigenvalue weighted by atomic mass is 9.81. The van der Waals surface area contributed by atoms with Crippen LogP contribution < -0.4 is 4.90 Å². The minimum atomic E-state index is -0.0763. The predicted molar refractivity (Wildman–Crippen MR) is 286 cm³/mol. The molecular weight excluding hydrogens is 825 g/mol. The lowest BCUT2D eigenvalue weighted by Crippen LogP contribution is -2.14. The molecule has 0 N–H and O–H groups in total. The van der Waals surface area contributed by atoms with Gasteiger partial charge in [0.15, 0.2) is 0 Å². The predicted octanol–water partition coefficient (Wildman–Crippen LogP) is 18.1. The van der Waals surface area contributed by atoms with Crippen molar-refractivity contribution in [3.63, 3.8) is 0 Å². The van der Waals surface area contributed by atoms with Gasteiger partial charge in [-0.2, -0.15) is 0 Å². The first-order valence-electron chi connectivity index (χ1n) is 23.6. The van der Waals surface area contributed by atoms with Crippen molar-refractivity contribution in [2.24, 2.45) is 0 Å². The highest BCUT2D eigenvalue weighted by Gasteiger charge is 2.35. The Bertz CT molecular complexity index is 4130. The van der Waals surface area contributed by atoms with Crippen molar-refractivity contribution < 1.29 is 4.42 Å². The molecule has 0 unspecified atom stereocenters. The molecule has 1 aliphatic rings. The van der Waals surface area contributed by atoms with Crippen LogP contribution >= 0.6 is 0 Å². The third-order valence-corrected chi connectivity index (χ3v) is 14.8. The summed E-state index contributed by atoms with van der Waals surface area (Å²) in [7, 11) is 0.